The Morgan fingerprint density at radius 2 is 2.07 bits per heavy atom. The van der Waals surface area contributed by atoms with E-state index in [-0.39, 0.29) is 29.7 Å². The van der Waals surface area contributed by atoms with E-state index < -0.39 is 11.9 Å². The number of nitrogens with two attached hydrogens (primary N) is 1. The van der Waals surface area contributed by atoms with Gasteiger partial charge < -0.3 is 24.7 Å². The summed E-state index contributed by atoms with van der Waals surface area (Å²) in [5, 5.41) is 9.75. The molecule has 8 heteroatoms. The number of ether oxygens (including phenoxy) is 4. The van der Waals surface area contributed by atoms with Gasteiger partial charge >= 0.3 is 5.97 Å². The first-order chi connectivity index (χ1) is 14.4. The summed E-state index contributed by atoms with van der Waals surface area (Å²) in [4.78, 5) is 12.7. The van der Waals surface area contributed by atoms with Gasteiger partial charge in [-0.2, -0.15) is 5.26 Å². The molecule has 1 atom stereocenters. The molecule has 0 bridgehead atoms. The minimum atomic E-state index is -0.717. The fraction of sp³-hybridized carbons (Fsp3) is 0.455. The number of hydrogen-bond acceptors (Lipinski definition) is 7. The van der Waals surface area contributed by atoms with Gasteiger partial charge in [-0.3, -0.25) is 0 Å². The first-order valence-corrected chi connectivity index (χ1v) is 11.0. The molecule has 1 fully saturated rings. The molecule has 0 saturated heterocycles. The molecule has 1 heterocycles. The maximum absolute atomic E-state index is 12.7. The summed E-state index contributed by atoms with van der Waals surface area (Å²) in [6.45, 7) is 3.57. The van der Waals surface area contributed by atoms with E-state index in [1.54, 1.807) is 27.0 Å². The second-order valence-corrected chi connectivity index (χ2v) is 8.34. The van der Waals surface area contributed by atoms with Crippen LogP contribution in [-0.4, -0.2) is 25.8 Å². The van der Waals surface area contributed by atoms with Gasteiger partial charge in [-0.05, 0) is 79.8 Å². The number of rotatable bonds is 6. The highest BCUT2D eigenvalue weighted by Gasteiger charge is 2.37. The van der Waals surface area contributed by atoms with Gasteiger partial charge in [0, 0.05) is 0 Å². The topological polar surface area (TPSA) is 104 Å². The summed E-state index contributed by atoms with van der Waals surface area (Å²) in [5.41, 5.74) is 7.08. The number of nitriles is 1. The van der Waals surface area contributed by atoms with Crippen LogP contribution in [0.3, 0.4) is 0 Å². The van der Waals surface area contributed by atoms with Crippen LogP contribution in [0, 0.1) is 14.9 Å². The second kappa shape index (κ2) is 9.60. The lowest BCUT2D eigenvalue weighted by molar-refractivity contribution is -0.139. The first-order valence-electron chi connectivity index (χ1n) is 9.90. The van der Waals surface area contributed by atoms with Crippen molar-refractivity contribution in [1.29, 1.82) is 5.26 Å². The van der Waals surface area contributed by atoms with Crippen molar-refractivity contribution >= 4 is 28.6 Å². The lowest BCUT2D eigenvalue weighted by Gasteiger charge is -2.28. The van der Waals surface area contributed by atoms with E-state index in [1.165, 1.54) is 0 Å². The zero-order chi connectivity index (χ0) is 21.8. The Balaban J connectivity index is 2.09. The van der Waals surface area contributed by atoms with Crippen molar-refractivity contribution in [3.8, 4) is 17.6 Å². The highest BCUT2D eigenvalue weighted by molar-refractivity contribution is 14.1. The molecule has 1 aliphatic heterocycles. The molecule has 1 aliphatic carbocycles. The van der Waals surface area contributed by atoms with Crippen molar-refractivity contribution in [3.05, 3.63) is 44.1 Å². The third kappa shape index (κ3) is 4.36. The lowest BCUT2D eigenvalue weighted by Crippen LogP contribution is -2.25. The van der Waals surface area contributed by atoms with Gasteiger partial charge in [0.15, 0.2) is 11.5 Å². The van der Waals surface area contributed by atoms with Crippen molar-refractivity contribution in [2.45, 2.75) is 51.6 Å². The van der Waals surface area contributed by atoms with Crippen LogP contribution in [0.1, 0.15) is 51.0 Å². The summed E-state index contributed by atoms with van der Waals surface area (Å²) >= 11 is 2.19. The maximum Gasteiger partial charge on any atom is 0.338 e. The smallest absolute Gasteiger partial charge is 0.338 e. The van der Waals surface area contributed by atoms with Crippen LogP contribution >= 0.6 is 22.6 Å². The minimum Gasteiger partial charge on any atom is -0.493 e. The van der Waals surface area contributed by atoms with E-state index in [0.29, 0.717) is 22.8 Å². The van der Waals surface area contributed by atoms with Gasteiger partial charge in [-0.1, -0.05) is 0 Å². The molecule has 0 radical (unpaired) electrons. The largest absolute Gasteiger partial charge is 0.493 e. The maximum atomic E-state index is 12.7. The fourth-order valence-electron chi connectivity index (χ4n) is 3.88. The quantitative estimate of drug-likeness (QED) is 0.438. The van der Waals surface area contributed by atoms with Crippen LogP contribution in [0.5, 0.6) is 11.5 Å². The molecule has 1 aromatic carbocycles. The van der Waals surface area contributed by atoms with Crippen molar-refractivity contribution in [2.75, 3.05) is 13.7 Å². The van der Waals surface area contributed by atoms with E-state index in [0.717, 1.165) is 29.3 Å². The van der Waals surface area contributed by atoms with E-state index in [1.807, 2.05) is 6.07 Å². The van der Waals surface area contributed by atoms with Crippen LogP contribution in [0.2, 0.25) is 0 Å². The van der Waals surface area contributed by atoms with Gasteiger partial charge in [0.1, 0.15) is 17.4 Å². The predicted octanol–water partition coefficient (Wildman–Crippen LogP) is 4.27. The number of esters is 1. The van der Waals surface area contributed by atoms with E-state index >= 15 is 0 Å². The third-order valence-corrected chi connectivity index (χ3v) is 6.07. The SMILES string of the molecule is CCOC(=O)C1=C(C)OC(N)=C(C#N)C1c1cc(I)c(OC2CCCC2)c(OC)c1. The van der Waals surface area contributed by atoms with Crippen molar-refractivity contribution in [3.63, 3.8) is 0 Å². The Labute approximate surface area is 189 Å². The number of carbonyl (C=O) groups excluding carboxylic acids is 1. The molecule has 2 aliphatic rings. The fourth-order valence-corrected chi connectivity index (χ4v) is 4.63. The standard InChI is InChI=1S/C22H25IN2O5/c1-4-28-22(26)18-12(2)29-21(25)15(11-24)19(18)13-9-16(23)20(17(10-13)27-3)30-14-7-5-6-8-14/h9-10,14,19H,4-8,25H2,1-3H3. The number of nitrogens with zero attached hydrogens (tertiary/aromatic N) is 1. The molecule has 0 aromatic heterocycles. The number of methoxy groups -OCH3 is 1. The zero-order valence-corrected chi connectivity index (χ0v) is 19.4. The average Bonchev–Trinajstić information content (AvgIpc) is 3.22. The lowest BCUT2D eigenvalue weighted by atomic mass is 9.83. The van der Waals surface area contributed by atoms with Crippen LogP contribution in [-0.2, 0) is 14.3 Å². The van der Waals surface area contributed by atoms with Crippen LogP contribution < -0.4 is 15.2 Å². The van der Waals surface area contributed by atoms with Gasteiger partial charge in [-0.25, -0.2) is 4.79 Å². The molecule has 1 unspecified atom stereocenters. The van der Waals surface area contributed by atoms with E-state index in [4.69, 9.17) is 24.7 Å². The minimum absolute atomic E-state index is 0.0201. The summed E-state index contributed by atoms with van der Waals surface area (Å²) in [5.74, 6) is 0.261. The predicted molar refractivity (Wildman–Crippen MR) is 119 cm³/mol. The molecular weight excluding hydrogens is 499 g/mol. The van der Waals surface area contributed by atoms with Crippen LogP contribution in [0.15, 0.2) is 34.9 Å². The highest BCUT2D eigenvalue weighted by Crippen LogP contribution is 2.44. The summed E-state index contributed by atoms with van der Waals surface area (Å²) in [6, 6.07) is 5.77. The molecule has 30 heavy (non-hydrogen) atoms. The zero-order valence-electron chi connectivity index (χ0n) is 17.3. The summed E-state index contributed by atoms with van der Waals surface area (Å²) in [7, 11) is 1.57. The molecule has 1 saturated carbocycles. The third-order valence-electron chi connectivity index (χ3n) is 5.27. The molecule has 0 amide bonds. The first kappa shape index (κ1) is 22.3. The van der Waals surface area contributed by atoms with Crippen LogP contribution in [0.4, 0.5) is 0 Å². The normalized spacial score (nSPS) is 19.4. The molecular formula is C22H25IN2O5. The number of allylic oxidation sites excluding steroid dienone is 2. The Bertz CT molecular complexity index is 942. The van der Waals surface area contributed by atoms with E-state index in [9.17, 15) is 10.1 Å². The number of hydrogen-bond donors (Lipinski definition) is 1. The molecule has 0 spiro atoms. The summed E-state index contributed by atoms with van der Waals surface area (Å²) < 4.78 is 23.4. The Morgan fingerprint density at radius 3 is 2.67 bits per heavy atom. The number of benzene rings is 1. The number of halogens is 1. The van der Waals surface area contributed by atoms with Crippen molar-refractivity contribution < 1.29 is 23.7 Å². The summed E-state index contributed by atoms with van der Waals surface area (Å²) in [6.07, 6.45) is 4.53. The van der Waals surface area contributed by atoms with Crippen molar-refractivity contribution in [2.24, 2.45) is 5.73 Å². The molecule has 1 aromatic rings. The van der Waals surface area contributed by atoms with Gasteiger partial charge in [-0.15, -0.1) is 0 Å². The Hall–Kier alpha value is -2.41. The molecule has 160 valence electrons. The van der Waals surface area contributed by atoms with Crippen molar-refractivity contribution in [1.82, 2.24) is 0 Å². The van der Waals surface area contributed by atoms with Gasteiger partial charge in [0.25, 0.3) is 0 Å². The Kier molecular flexibility index (Phi) is 7.13. The molecule has 2 N–H and O–H groups in total. The Morgan fingerprint density at radius 1 is 1.37 bits per heavy atom. The second-order valence-electron chi connectivity index (χ2n) is 7.17. The number of carbonyl (C=O) groups is 1. The molecule has 3 rings (SSSR count). The van der Waals surface area contributed by atoms with Gasteiger partial charge in [0.2, 0.25) is 5.88 Å². The average molecular weight is 524 g/mol. The van der Waals surface area contributed by atoms with Gasteiger partial charge in [0.05, 0.1) is 34.9 Å². The highest BCUT2D eigenvalue weighted by atomic mass is 127. The molecule has 7 nitrogen and oxygen atoms in total. The van der Waals surface area contributed by atoms with Crippen LogP contribution in [0.25, 0.3) is 0 Å². The monoisotopic (exact) mass is 524 g/mol. The van der Waals surface area contributed by atoms with E-state index in [2.05, 4.69) is 28.7 Å².